The van der Waals surface area contributed by atoms with E-state index in [0.717, 1.165) is 13.1 Å². The second-order valence-electron chi connectivity index (χ2n) is 5.12. The number of hydrogen-bond acceptors (Lipinski definition) is 3. The molecular formula is C11H18N2O3. The summed E-state index contributed by atoms with van der Waals surface area (Å²) < 4.78 is 0. The van der Waals surface area contributed by atoms with E-state index in [1.54, 1.807) is 0 Å². The van der Waals surface area contributed by atoms with Gasteiger partial charge in [-0.1, -0.05) is 6.42 Å². The van der Waals surface area contributed by atoms with Crippen LogP contribution in [-0.4, -0.2) is 41.0 Å². The Morgan fingerprint density at radius 1 is 1.38 bits per heavy atom. The zero-order chi connectivity index (χ0) is 11.8. The van der Waals surface area contributed by atoms with Crippen molar-refractivity contribution in [3.63, 3.8) is 0 Å². The van der Waals surface area contributed by atoms with Crippen LogP contribution in [0, 0.1) is 5.41 Å². The molecule has 2 aliphatic rings. The molecule has 1 spiro atoms. The van der Waals surface area contributed by atoms with Crippen LogP contribution >= 0.6 is 0 Å². The predicted octanol–water partition coefficient (Wildman–Crippen LogP) is 0.191. The molecule has 0 aromatic rings. The lowest BCUT2D eigenvalue weighted by Gasteiger charge is -2.57. The van der Waals surface area contributed by atoms with Gasteiger partial charge in [-0.05, 0) is 24.7 Å². The van der Waals surface area contributed by atoms with Crippen molar-refractivity contribution in [3.8, 4) is 0 Å². The Morgan fingerprint density at radius 2 is 2.00 bits per heavy atom. The van der Waals surface area contributed by atoms with Gasteiger partial charge in [0.1, 0.15) is 6.04 Å². The molecule has 0 aromatic heterocycles. The topological polar surface area (TPSA) is 83.6 Å². The first-order valence-corrected chi connectivity index (χ1v) is 5.78. The van der Waals surface area contributed by atoms with Gasteiger partial charge in [0, 0.05) is 19.5 Å². The molecule has 1 atom stereocenters. The van der Waals surface area contributed by atoms with Crippen molar-refractivity contribution in [2.24, 2.45) is 11.1 Å². The maximum absolute atomic E-state index is 11.1. The Kier molecular flexibility index (Phi) is 2.88. The van der Waals surface area contributed by atoms with E-state index in [9.17, 15) is 9.59 Å². The smallest absolute Gasteiger partial charge is 0.320 e. The second kappa shape index (κ2) is 4.05. The highest BCUT2D eigenvalue weighted by molar-refractivity contribution is 5.77. The number of likely N-dealkylation sites (tertiary alicyclic amines) is 1. The van der Waals surface area contributed by atoms with E-state index >= 15 is 0 Å². The summed E-state index contributed by atoms with van der Waals surface area (Å²) in [5.41, 5.74) is 5.46. The first-order valence-electron chi connectivity index (χ1n) is 5.78. The highest BCUT2D eigenvalue weighted by atomic mass is 16.4. The zero-order valence-corrected chi connectivity index (χ0v) is 9.32. The molecule has 1 aliphatic carbocycles. The van der Waals surface area contributed by atoms with Crippen LogP contribution in [0.4, 0.5) is 0 Å². The molecule has 1 unspecified atom stereocenters. The number of carboxylic acids is 1. The van der Waals surface area contributed by atoms with E-state index in [0.29, 0.717) is 11.8 Å². The van der Waals surface area contributed by atoms with Gasteiger partial charge < -0.3 is 10.8 Å². The van der Waals surface area contributed by atoms with Gasteiger partial charge in [0.25, 0.3) is 0 Å². The minimum Gasteiger partial charge on any atom is -0.480 e. The molecule has 1 saturated carbocycles. The molecule has 0 radical (unpaired) electrons. The SMILES string of the molecule is NC(=O)CCC(C(=O)O)N1CC2(CCC2)C1. The quantitative estimate of drug-likeness (QED) is 0.701. The number of carbonyl (C=O) groups excluding carboxylic acids is 1. The summed E-state index contributed by atoms with van der Waals surface area (Å²) in [6.07, 6.45) is 4.21. The van der Waals surface area contributed by atoms with E-state index in [1.807, 2.05) is 4.90 Å². The van der Waals surface area contributed by atoms with E-state index in [4.69, 9.17) is 10.8 Å². The van der Waals surface area contributed by atoms with Crippen molar-refractivity contribution in [1.82, 2.24) is 4.90 Å². The maximum atomic E-state index is 11.1. The molecule has 16 heavy (non-hydrogen) atoms. The summed E-state index contributed by atoms with van der Waals surface area (Å²) in [5.74, 6) is -1.26. The van der Waals surface area contributed by atoms with Crippen molar-refractivity contribution in [2.45, 2.75) is 38.1 Å². The lowest BCUT2D eigenvalue weighted by atomic mass is 9.63. The number of nitrogens with zero attached hydrogens (tertiary/aromatic N) is 1. The Labute approximate surface area is 94.6 Å². The fourth-order valence-electron chi connectivity index (χ4n) is 2.77. The molecule has 2 fully saturated rings. The van der Waals surface area contributed by atoms with Gasteiger partial charge in [-0.3, -0.25) is 14.5 Å². The van der Waals surface area contributed by atoms with Gasteiger partial charge in [0.2, 0.25) is 5.91 Å². The minimum atomic E-state index is -0.838. The standard InChI is InChI=1S/C11H18N2O3/c12-9(14)3-2-8(10(15)16)13-6-11(7-13)4-1-5-11/h8H,1-7H2,(H2,12,14)(H,15,16). The average molecular weight is 226 g/mol. The predicted molar refractivity (Wildman–Crippen MR) is 57.7 cm³/mol. The van der Waals surface area contributed by atoms with Crippen LogP contribution in [0.1, 0.15) is 32.1 Å². The van der Waals surface area contributed by atoms with Gasteiger partial charge in [0.05, 0.1) is 0 Å². The zero-order valence-electron chi connectivity index (χ0n) is 9.32. The number of primary amides is 1. The van der Waals surface area contributed by atoms with E-state index in [2.05, 4.69) is 0 Å². The molecular weight excluding hydrogens is 208 g/mol. The molecule has 0 bridgehead atoms. The molecule has 2 rings (SSSR count). The van der Waals surface area contributed by atoms with Crippen LogP contribution in [0.15, 0.2) is 0 Å². The van der Waals surface area contributed by atoms with Gasteiger partial charge in [-0.15, -0.1) is 0 Å². The molecule has 1 amide bonds. The van der Waals surface area contributed by atoms with Crippen LogP contribution in [0.2, 0.25) is 0 Å². The molecule has 1 heterocycles. The Hall–Kier alpha value is -1.10. The first-order chi connectivity index (χ1) is 7.52. The summed E-state index contributed by atoms with van der Waals surface area (Å²) in [5, 5.41) is 9.09. The van der Waals surface area contributed by atoms with Crippen LogP contribution in [0.3, 0.4) is 0 Å². The number of carbonyl (C=O) groups is 2. The third-order valence-corrected chi connectivity index (χ3v) is 3.88. The highest BCUT2D eigenvalue weighted by Gasteiger charge is 2.50. The summed E-state index contributed by atoms with van der Waals surface area (Å²) in [6.45, 7) is 1.76. The van der Waals surface area contributed by atoms with Gasteiger partial charge in [-0.2, -0.15) is 0 Å². The largest absolute Gasteiger partial charge is 0.480 e. The summed E-state index contributed by atoms with van der Waals surface area (Å²) >= 11 is 0. The highest BCUT2D eigenvalue weighted by Crippen LogP contribution is 2.48. The molecule has 0 aromatic carbocycles. The van der Waals surface area contributed by atoms with E-state index in [1.165, 1.54) is 19.3 Å². The first kappa shape index (κ1) is 11.4. The van der Waals surface area contributed by atoms with Crippen LogP contribution in [0.5, 0.6) is 0 Å². The van der Waals surface area contributed by atoms with Crippen molar-refractivity contribution in [2.75, 3.05) is 13.1 Å². The van der Waals surface area contributed by atoms with Crippen molar-refractivity contribution in [3.05, 3.63) is 0 Å². The molecule has 5 heteroatoms. The maximum Gasteiger partial charge on any atom is 0.320 e. The van der Waals surface area contributed by atoms with Gasteiger partial charge in [0.15, 0.2) is 0 Å². The van der Waals surface area contributed by atoms with Crippen LogP contribution in [-0.2, 0) is 9.59 Å². The number of rotatable bonds is 5. The fraction of sp³-hybridized carbons (Fsp3) is 0.818. The number of carboxylic acid groups (broad SMARTS) is 1. The molecule has 1 aliphatic heterocycles. The molecule has 90 valence electrons. The Morgan fingerprint density at radius 3 is 2.38 bits per heavy atom. The summed E-state index contributed by atoms with van der Waals surface area (Å²) in [4.78, 5) is 23.7. The Balaban J connectivity index is 1.84. The average Bonchev–Trinajstić information content (AvgIpc) is 2.03. The van der Waals surface area contributed by atoms with Crippen molar-refractivity contribution >= 4 is 11.9 Å². The number of nitrogens with two attached hydrogens (primary N) is 1. The minimum absolute atomic E-state index is 0.153. The fourth-order valence-corrected chi connectivity index (χ4v) is 2.77. The number of aliphatic carboxylic acids is 1. The van der Waals surface area contributed by atoms with Crippen molar-refractivity contribution < 1.29 is 14.7 Å². The normalized spacial score (nSPS) is 24.5. The molecule has 1 saturated heterocycles. The van der Waals surface area contributed by atoms with E-state index in [-0.39, 0.29) is 6.42 Å². The van der Waals surface area contributed by atoms with Crippen LogP contribution in [0.25, 0.3) is 0 Å². The van der Waals surface area contributed by atoms with Crippen LogP contribution < -0.4 is 5.73 Å². The molecule has 3 N–H and O–H groups in total. The lowest BCUT2D eigenvalue weighted by Crippen LogP contribution is -2.64. The third kappa shape index (κ3) is 2.04. The second-order valence-corrected chi connectivity index (χ2v) is 5.12. The summed E-state index contributed by atoms with van der Waals surface area (Å²) in [6, 6.07) is -0.529. The molecule has 5 nitrogen and oxygen atoms in total. The Bertz CT molecular complexity index is 304. The van der Waals surface area contributed by atoms with Gasteiger partial charge >= 0.3 is 5.97 Å². The van der Waals surface area contributed by atoms with E-state index < -0.39 is 17.9 Å². The number of hydrogen-bond donors (Lipinski definition) is 2. The van der Waals surface area contributed by atoms with Gasteiger partial charge in [-0.25, -0.2) is 0 Å². The number of amides is 1. The monoisotopic (exact) mass is 226 g/mol. The lowest BCUT2D eigenvalue weighted by molar-refractivity contribution is -0.154. The summed E-state index contributed by atoms with van der Waals surface area (Å²) in [7, 11) is 0. The third-order valence-electron chi connectivity index (χ3n) is 3.88. The van der Waals surface area contributed by atoms with Crippen molar-refractivity contribution in [1.29, 1.82) is 0 Å².